The Morgan fingerprint density at radius 3 is 2.79 bits per heavy atom. The third-order valence-corrected chi connectivity index (χ3v) is 2.40. The highest BCUT2D eigenvalue weighted by molar-refractivity contribution is 6.07. The van der Waals surface area contributed by atoms with E-state index in [4.69, 9.17) is 5.11 Å². The molecule has 0 fully saturated rings. The molecule has 0 aliphatic rings. The van der Waals surface area contributed by atoms with Crippen molar-refractivity contribution in [3.63, 3.8) is 0 Å². The average Bonchev–Trinajstić information content (AvgIpc) is 2.70. The molecule has 3 N–H and O–H groups in total. The van der Waals surface area contributed by atoms with Gasteiger partial charge in [0.25, 0.3) is 5.91 Å². The first kappa shape index (κ1) is 12.7. The van der Waals surface area contributed by atoms with Gasteiger partial charge in [-0.15, -0.1) is 0 Å². The number of H-pyrrole nitrogens is 1. The van der Waals surface area contributed by atoms with Gasteiger partial charge >= 0.3 is 5.97 Å². The highest BCUT2D eigenvalue weighted by atomic mass is 19.1. The number of hydrogen-bond acceptors (Lipinski definition) is 3. The van der Waals surface area contributed by atoms with Gasteiger partial charge in [-0.25, -0.2) is 9.78 Å². The first-order valence-electron chi connectivity index (χ1n) is 5.33. The lowest BCUT2D eigenvalue weighted by molar-refractivity contribution is 0.0692. The second kappa shape index (κ2) is 4.89. The van der Waals surface area contributed by atoms with Crippen molar-refractivity contribution in [2.24, 2.45) is 0 Å². The molecule has 2 rings (SSSR count). The molecular formula is C12H10FN3O3. The van der Waals surface area contributed by atoms with Gasteiger partial charge in [-0.05, 0) is 19.1 Å². The quantitative estimate of drug-likeness (QED) is 0.736. The largest absolute Gasteiger partial charge is 0.477 e. The van der Waals surface area contributed by atoms with Gasteiger partial charge < -0.3 is 15.4 Å². The molecule has 0 radical (unpaired) electrons. The van der Waals surface area contributed by atoms with Crippen molar-refractivity contribution in [3.05, 3.63) is 47.3 Å². The molecule has 7 heteroatoms. The fraction of sp³-hybridized carbons (Fsp3) is 0.0833. The van der Waals surface area contributed by atoms with Crippen LogP contribution in [0.1, 0.15) is 26.5 Å². The summed E-state index contributed by atoms with van der Waals surface area (Å²) in [7, 11) is 0. The molecule has 0 aromatic carbocycles. The number of aromatic carboxylic acids is 1. The van der Waals surface area contributed by atoms with Gasteiger partial charge in [0.05, 0.1) is 5.69 Å². The normalized spacial score (nSPS) is 10.2. The summed E-state index contributed by atoms with van der Waals surface area (Å²) in [5.74, 6) is -2.58. The second-order valence-corrected chi connectivity index (χ2v) is 3.87. The van der Waals surface area contributed by atoms with Gasteiger partial charge in [0.15, 0.2) is 0 Å². The number of carboxylic acids is 1. The van der Waals surface area contributed by atoms with Crippen LogP contribution in [0.25, 0.3) is 0 Å². The van der Waals surface area contributed by atoms with Crippen LogP contribution >= 0.6 is 0 Å². The lowest BCUT2D eigenvalue weighted by Crippen LogP contribution is -2.14. The minimum atomic E-state index is -1.19. The fourth-order valence-electron chi connectivity index (χ4n) is 1.59. The van der Waals surface area contributed by atoms with Gasteiger partial charge in [-0.1, -0.05) is 0 Å². The molecular weight excluding hydrogens is 253 g/mol. The molecule has 0 atom stereocenters. The van der Waals surface area contributed by atoms with Crippen molar-refractivity contribution >= 4 is 17.6 Å². The van der Waals surface area contributed by atoms with Crippen LogP contribution in [0.4, 0.5) is 10.1 Å². The number of rotatable bonds is 3. The van der Waals surface area contributed by atoms with E-state index in [2.05, 4.69) is 15.3 Å². The standard InChI is InChI=1S/C12H10FN3O3/c1-6-4-8(10(15-6)12(18)19)16-11(17)7-2-3-14-9(13)5-7/h2-5,15H,1H3,(H,16,17)(H,18,19). The van der Waals surface area contributed by atoms with Crippen LogP contribution in [-0.2, 0) is 0 Å². The molecule has 0 unspecified atom stereocenters. The molecule has 2 heterocycles. The summed E-state index contributed by atoms with van der Waals surface area (Å²) in [6.07, 6.45) is 1.16. The maximum Gasteiger partial charge on any atom is 0.354 e. The van der Waals surface area contributed by atoms with Gasteiger partial charge in [-0.3, -0.25) is 4.79 Å². The summed E-state index contributed by atoms with van der Waals surface area (Å²) < 4.78 is 12.9. The maximum absolute atomic E-state index is 12.9. The number of nitrogens with one attached hydrogen (secondary N) is 2. The minimum Gasteiger partial charge on any atom is -0.477 e. The van der Waals surface area contributed by atoms with Gasteiger partial charge in [-0.2, -0.15) is 4.39 Å². The lowest BCUT2D eigenvalue weighted by Gasteiger charge is -2.04. The third-order valence-electron chi connectivity index (χ3n) is 2.40. The zero-order valence-electron chi connectivity index (χ0n) is 9.90. The van der Waals surface area contributed by atoms with E-state index in [0.717, 1.165) is 12.3 Å². The molecule has 98 valence electrons. The number of aromatic nitrogens is 2. The lowest BCUT2D eigenvalue weighted by atomic mass is 10.2. The number of halogens is 1. The highest BCUT2D eigenvalue weighted by Crippen LogP contribution is 2.17. The van der Waals surface area contributed by atoms with Gasteiger partial charge in [0.2, 0.25) is 5.95 Å². The second-order valence-electron chi connectivity index (χ2n) is 3.87. The number of carboxylic acid groups (broad SMARTS) is 1. The number of carbonyl (C=O) groups excluding carboxylic acids is 1. The molecule has 0 saturated carbocycles. The molecule has 6 nitrogen and oxygen atoms in total. The van der Waals surface area contributed by atoms with E-state index in [1.807, 2.05) is 0 Å². The van der Waals surface area contributed by atoms with E-state index in [-0.39, 0.29) is 16.9 Å². The Morgan fingerprint density at radius 2 is 2.16 bits per heavy atom. The van der Waals surface area contributed by atoms with Gasteiger partial charge in [0, 0.05) is 23.5 Å². The molecule has 1 amide bonds. The first-order valence-corrected chi connectivity index (χ1v) is 5.33. The summed E-state index contributed by atoms with van der Waals surface area (Å²) in [6, 6.07) is 3.78. The fourth-order valence-corrected chi connectivity index (χ4v) is 1.59. The van der Waals surface area contributed by atoms with Crippen LogP contribution in [-0.4, -0.2) is 27.0 Å². The Morgan fingerprint density at radius 1 is 1.42 bits per heavy atom. The summed E-state index contributed by atoms with van der Waals surface area (Å²) in [5, 5.41) is 11.4. The minimum absolute atomic E-state index is 0.0580. The number of amides is 1. The monoisotopic (exact) mass is 263 g/mol. The number of anilines is 1. The summed E-state index contributed by atoms with van der Waals surface area (Å²) >= 11 is 0. The first-order chi connectivity index (χ1) is 8.97. The van der Waals surface area contributed by atoms with Crippen LogP contribution in [0.3, 0.4) is 0 Å². The topological polar surface area (TPSA) is 95.1 Å². The number of carbonyl (C=O) groups is 2. The van der Waals surface area contributed by atoms with Crippen molar-refractivity contribution in [2.45, 2.75) is 6.92 Å². The van der Waals surface area contributed by atoms with Crippen molar-refractivity contribution in [1.29, 1.82) is 0 Å². The van der Waals surface area contributed by atoms with Crippen molar-refractivity contribution in [1.82, 2.24) is 9.97 Å². The summed E-state index contributed by atoms with van der Waals surface area (Å²) in [5.41, 5.74) is 0.656. The van der Waals surface area contributed by atoms with Crippen LogP contribution in [0.2, 0.25) is 0 Å². The van der Waals surface area contributed by atoms with E-state index in [0.29, 0.717) is 5.69 Å². The maximum atomic E-state index is 12.9. The van der Waals surface area contributed by atoms with E-state index >= 15 is 0 Å². The van der Waals surface area contributed by atoms with Gasteiger partial charge in [0.1, 0.15) is 5.69 Å². The Bertz CT molecular complexity index is 651. The molecule has 0 bridgehead atoms. The Hall–Kier alpha value is -2.70. The van der Waals surface area contributed by atoms with Crippen molar-refractivity contribution in [3.8, 4) is 0 Å². The SMILES string of the molecule is Cc1cc(NC(=O)c2ccnc(F)c2)c(C(=O)O)[nH]1. The Labute approximate surface area is 107 Å². The molecule has 0 aliphatic heterocycles. The number of nitrogens with zero attached hydrogens (tertiary/aromatic N) is 1. The van der Waals surface area contributed by atoms with Crippen LogP contribution < -0.4 is 5.32 Å². The number of aryl methyl sites for hydroxylation is 1. The van der Waals surface area contributed by atoms with Crippen molar-refractivity contribution < 1.29 is 19.1 Å². The smallest absolute Gasteiger partial charge is 0.354 e. The Balaban J connectivity index is 2.26. The van der Waals surface area contributed by atoms with E-state index in [1.54, 1.807) is 6.92 Å². The summed E-state index contributed by atoms with van der Waals surface area (Å²) in [4.78, 5) is 28.7. The number of aromatic amines is 1. The van der Waals surface area contributed by atoms with E-state index in [9.17, 15) is 14.0 Å². The average molecular weight is 263 g/mol. The molecule has 2 aromatic heterocycles. The predicted octanol–water partition coefficient (Wildman–Crippen LogP) is 1.81. The highest BCUT2D eigenvalue weighted by Gasteiger charge is 2.16. The third kappa shape index (κ3) is 2.76. The molecule has 0 aliphatic carbocycles. The van der Waals surface area contributed by atoms with Crippen LogP contribution in [0.5, 0.6) is 0 Å². The zero-order chi connectivity index (χ0) is 14.0. The molecule has 0 spiro atoms. The Kier molecular flexibility index (Phi) is 3.28. The van der Waals surface area contributed by atoms with Crippen molar-refractivity contribution in [2.75, 3.05) is 5.32 Å². The van der Waals surface area contributed by atoms with Crippen LogP contribution in [0.15, 0.2) is 24.4 Å². The van der Waals surface area contributed by atoms with E-state index < -0.39 is 17.8 Å². The molecule has 2 aromatic rings. The van der Waals surface area contributed by atoms with Crippen LogP contribution in [0, 0.1) is 12.9 Å². The summed E-state index contributed by atoms with van der Waals surface area (Å²) in [6.45, 7) is 1.66. The van der Waals surface area contributed by atoms with E-state index in [1.165, 1.54) is 12.1 Å². The molecule has 0 saturated heterocycles. The zero-order valence-corrected chi connectivity index (χ0v) is 9.90. The number of pyridine rings is 1. The number of hydrogen-bond donors (Lipinski definition) is 3. The molecule has 19 heavy (non-hydrogen) atoms. The predicted molar refractivity (Wildman–Crippen MR) is 64.6 cm³/mol.